The third-order valence-electron chi connectivity index (χ3n) is 4.36. The molecular formula is C17H20N2O3S. The lowest BCUT2D eigenvalue weighted by molar-refractivity contribution is -0.117. The van der Waals surface area contributed by atoms with Crippen LogP contribution in [0.2, 0.25) is 0 Å². The van der Waals surface area contributed by atoms with Gasteiger partial charge in [0.15, 0.2) is 0 Å². The van der Waals surface area contributed by atoms with Crippen molar-refractivity contribution in [1.82, 2.24) is 5.16 Å². The molecule has 3 rings (SSSR count). The van der Waals surface area contributed by atoms with Crippen LogP contribution >= 0.6 is 0 Å². The van der Waals surface area contributed by atoms with Gasteiger partial charge in [-0.2, -0.15) is 0 Å². The Morgan fingerprint density at radius 3 is 2.83 bits per heavy atom. The summed E-state index contributed by atoms with van der Waals surface area (Å²) in [7, 11) is -1.31. The zero-order valence-corrected chi connectivity index (χ0v) is 14.4. The maximum absolute atomic E-state index is 12.7. The molecule has 0 unspecified atom stereocenters. The summed E-state index contributed by atoms with van der Waals surface area (Å²) in [5.74, 6) is 0.880. The number of nitrogens with zero attached hydrogens (tertiary/aromatic N) is 2. The highest BCUT2D eigenvalue weighted by atomic mass is 32.2. The first-order chi connectivity index (χ1) is 11.0. The molecule has 0 N–H and O–H groups in total. The molecule has 2 heterocycles. The van der Waals surface area contributed by atoms with E-state index in [1.54, 1.807) is 18.7 Å². The van der Waals surface area contributed by atoms with Gasteiger partial charge in [0.25, 0.3) is 0 Å². The number of hydrogen-bond acceptors (Lipinski definition) is 4. The SMILES string of the molecule is Cc1noc(C)c1C[S@@](=O)[C@H](C)C(=O)N1CCc2ccccc21. The molecule has 1 aromatic carbocycles. The summed E-state index contributed by atoms with van der Waals surface area (Å²) in [6.45, 7) is 6.02. The van der Waals surface area contributed by atoms with Crippen LogP contribution in [0.5, 0.6) is 0 Å². The predicted octanol–water partition coefficient (Wildman–Crippen LogP) is 2.52. The van der Waals surface area contributed by atoms with Gasteiger partial charge in [-0.05, 0) is 38.8 Å². The molecule has 1 aliphatic rings. The maximum atomic E-state index is 12.7. The van der Waals surface area contributed by atoms with Crippen molar-refractivity contribution < 1.29 is 13.5 Å². The van der Waals surface area contributed by atoms with Crippen LogP contribution in [-0.4, -0.2) is 27.1 Å². The Labute approximate surface area is 138 Å². The minimum absolute atomic E-state index is 0.0833. The first-order valence-corrected chi connectivity index (χ1v) is 9.05. The number of fused-ring (bicyclic) bond motifs is 1. The van der Waals surface area contributed by atoms with E-state index < -0.39 is 16.0 Å². The van der Waals surface area contributed by atoms with Crippen LogP contribution in [0.3, 0.4) is 0 Å². The standard InChI is InChI=1S/C17H20N2O3S/c1-11-15(12(2)22-18-11)10-23(21)13(3)17(20)19-9-8-14-6-4-5-7-16(14)19/h4-7,13H,8-10H2,1-3H3/t13-,23-/m1/s1. The van der Waals surface area contributed by atoms with E-state index in [0.717, 1.165) is 23.4 Å². The van der Waals surface area contributed by atoms with Crippen molar-refractivity contribution in [2.24, 2.45) is 0 Å². The average Bonchev–Trinajstić information content (AvgIpc) is 3.11. The van der Waals surface area contributed by atoms with Crippen LogP contribution in [-0.2, 0) is 27.8 Å². The maximum Gasteiger partial charge on any atom is 0.242 e. The summed E-state index contributed by atoms with van der Waals surface area (Å²) in [6, 6.07) is 7.89. The Balaban J connectivity index is 1.74. The molecule has 2 aromatic rings. The lowest BCUT2D eigenvalue weighted by Crippen LogP contribution is -2.39. The molecule has 0 saturated carbocycles. The topological polar surface area (TPSA) is 63.4 Å². The first-order valence-electron chi connectivity index (χ1n) is 7.67. The minimum atomic E-state index is -1.31. The predicted molar refractivity (Wildman–Crippen MR) is 89.8 cm³/mol. The summed E-state index contributed by atoms with van der Waals surface area (Å²) in [5.41, 5.74) is 3.69. The molecule has 0 radical (unpaired) electrons. The van der Waals surface area contributed by atoms with E-state index in [1.807, 2.05) is 31.2 Å². The molecule has 0 aliphatic carbocycles. The van der Waals surface area contributed by atoms with Crippen molar-refractivity contribution >= 4 is 22.4 Å². The summed E-state index contributed by atoms with van der Waals surface area (Å²) in [4.78, 5) is 14.5. The number of amides is 1. The van der Waals surface area contributed by atoms with Crippen molar-refractivity contribution in [3.63, 3.8) is 0 Å². The van der Waals surface area contributed by atoms with Crippen LogP contribution in [0.4, 0.5) is 5.69 Å². The zero-order valence-electron chi connectivity index (χ0n) is 13.5. The fraction of sp³-hybridized carbons (Fsp3) is 0.412. The quantitative estimate of drug-likeness (QED) is 0.863. The molecule has 0 saturated heterocycles. The molecule has 5 nitrogen and oxygen atoms in total. The Morgan fingerprint density at radius 1 is 1.39 bits per heavy atom. The number of hydrogen-bond donors (Lipinski definition) is 0. The highest BCUT2D eigenvalue weighted by Crippen LogP contribution is 2.28. The van der Waals surface area contributed by atoms with Crippen molar-refractivity contribution in [2.45, 2.75) is 38.2 Å². The van der Waals surface area contributed by atoms with Crippen molar-refractivity contribution in [1.29, 1.82) is 0 Å². The van der Waals surface area contributed by atoms with Gasteiger partial charge in [0.05, 0.1) is 11.4 Å². The van der Waals surface area contributed by atoms with Crippen LogP contribution in [0.15, 0.2) is 28.8 Å². The second-order valence-electron chi connectivity index (χ2n) is 5.84. The van der Waals surface area contributed by atoms with Crippen LogP contribution in [0.25, 0.3) is 0 Å². The molecule has 6 heteroatoms. The van der Waals surface area contributed by atoms with E-state index in [4.69, 9.17) is 4.52 Å². The Hall–Kier alpha value is -1.95. The van der Waals surface area contributed by atoms with E-state index >= 15 is 0 Å². The molecule has 0 fully saturated rings. The highest BCUT2D eigenvalue weighted by Gasteiger charge is 2.31. The number of benzene rings is 1. The molecule has 122 valence electrons. The number of aromatic nitrogens is 1. The third-order valence-corrected chi connectivity index (χ3v) is 5.93. The van der Waals surface area contributed by atoms with Crippen molar-refractivity contribution in [2.75, 3.05) is 11.4 Å². The second kappa shape index (κ2) is 6.28. The first kappa shape index (κ1) is 15.9. The zero-order chi connectivity index (χ0) is 16.6. The van der Waals surface area contributed by atoms with Gasteiger partial charge >= 0.3 is 0 Å². The van der Waals surface area contributed by atoms with Gasteiger partial charge < -0.3 is 9.42 Å². The molecule has 1 amide bonds. The molecule has 0 bridgehead atoms. The summed E-state index contributed by atoms with van der Waals surface area (Å²) < 4.78 is 17.7. The van der Waals surface area contributed by atoms with Crippen LogP contribution < -0.4 is 4.90 Å². The van der Waals surface area contributed by atoms with E-state index in [9.17, 15) is 9.00 Å². The molecule has 1 aliphatic heterocycles. The van der Waals surface area contributed by atoms with E-state index in [0.29, 0.717) is 18.1 Å². The van der Waals surface area contributed by atoms with Crippen molar-refractivity contribution in [3.8, 4) is 0 Å². The monoisotopic (exact) mass is 332 g/mol. The van der Waals surface area contributed by atoms with Crippen LogP contribution in [0.1, 0.15) is 29.5 Å². The normalized spacial score (nSPS) is 16.2. The lowest BCUT2D eigenvalue weighted by atomic mass is 10.2. The van der Waals surface area contributed by atoms with Gasteiger partial charge in [-0.15, -0.1) is 0 Å². The van der Waals surface area contributed by atoms with Gasteiger partial charge in [-0.3, -0.25) is 9.00 Å². The number of anilines is 1. The Bertz CT molecular complexity index is 749. The molecule has 0 spiro atoms. The average molecular weight is 332 g/mol. The molecule has 2 atom stereocenters. The number of aryl methyl sites for hydroxylation is 2. The fourth-order valence-electron chi connectivity index (χ4n) is 2.87. The number of carbonyl (C=O) groups excluding carboxylic acids is 1. The number of para-hydroxylation sites is 1. The van der Waals surface area contributed by atoms with Gasteiger partial charge in [0.1, 0.15) is 11.0 Å². The van der Waals surface area contributed by atoms with Gasteiger partial charge in [0.2, 0.25) is 5.91 Å². The van der Waals surface area contributed by atoms with Crippen molar-refractivity contribution in [3.05, 3.63) is 46.8 Å². The molecule has 1 aromatic heterocycles. The fourth-order valence-corrected chi connectivity index (χ4v) is 4.17. The number of carbonyl (C=O) groups is 1. The largest absolute Gasteiger partial charge is 0.361 e. The third kappa shape index (κ3) is 2.95. The summed E-state index contributed by atoms with van der Waals surface area (Å²) in [5, 5.41) is 3.32. The Kier molecular flexibility index (Phi) is 4.35. The summed E-state index contributed by atoms with van der Waals surface area (Å²) >= 11 is 0. The smallest absolute Gasteiger partial charge is 0.242 e. The van der Waals surface area contributed by atoms with Gasteiger partial charge in [0, 0.05) is 28.6 Å². The highest BCUT2D eigenvalue weighted by molar-refractivity contribution is 7.85. The Morgan fingerprint density at radius 2 is 2.13 bits per heavy atom. The van der Waals surface area contributed by atoms with E-state index in [1.165, 1.54) is 5.56 Å². The van der Waals surface area contributed by atoms with Crippen LogP contribution in [0, 0.1) is 13.8 Å². The van der Waals surface area contributed by atoms with E-state index in [-0.39, 0.29) is 5.91 Å². The second-order valence-corrected chi connectivity index (χ2v) is 7.60. The van der Waals surface area contributed by atoms with Gasteiger partial charge in [-0.1, -0.05) is 23.4 Å². The van der Waals surface area contributed by atoms with E-state index in [2.05, 4.69) is 5.16 Å². The molecule has 23 heavy (non-hydrogen) atoms. The molecular weight excluding hydrogens is 312 g/mol. The lowest BCUT2D eigenvalue weighted by Gasteiger charge is -2.21. The summed E-state index contributed by atoms with van der Waals surface area (Å²) in [6.07, 6.45) is 0.852. The minimum Gasteiger partial charge on any atom is -0.361 e. The van der Waals surface area contributed by atoms with Gasteiger partial charge in [-0.25, -0.2) is 0 Å². The number of rotatable bonds is 4.